The number of carbonyl (C=O) groups excluding carboxylic acids is 1. The van der Waals surface area contributed by atoms with Crippen molar-refractivity contribution < 1.29 is 9.53 Å². The first-order chi connectivity index (χ1) is 9.13. The molecule has 19 heavy (non-hydrogen) atoms. The average molecular weight is 261 g/mol. The van der Waals surface area contributed by atoms with Gasteiger partial charge in [0.15, 0.2) is 0 Å². The topological polar surface area (TPSA) is 38.3 Å². The van der Waals surface area contributed by atoms with E-state index >= 15 is 0 Å². The second-order valence-electron chi connectivity index (χ2n) is 4.77. The molecule has 1 amide bonds. The van der Waals surface area contributed by atoms with E-state index in [1.807, 2.05) is 12.1 Å². The van der Waals surface area contributed by atoms with Crippen molar-refractivity contribution in [1.29, 1.82) is 0 Å². The second kappa shape index (κ2) is 8.35. The molecule has 0 heterocycles. The smallest absolute Gasteiger partial charge is 0.243 e. The van der Waals surface area contributed by atoms with Crippen LogP contribution in [-0.2, 0) is 4.79 Å². The molecule has 1 aromatic carbocycles. The fourth-order valence-electron chi connectivity index (χ4n) is 1.65. The van der Waals surface area contributed by atoms with Crippen LogP contribution in [0.4, 0.5) is 0 Å². The minimum absolute atomic E-state index is 0.120. The molecule has 3 nitrogen and oxygen atoms in total. The van der Waals surface area contributed by atoms with Crippen molar-refractivity contribution in [3.8, 4) is 5.75 Å². The minimum Gasteiger partial charge on any atom is -0.494 e. The number of benzene rings is 1. The van der Waals surface area contributed by atoms with Crippen molar-refractivity contribution in [1.82, 2.24) is 5.32 Å². The molecular formula is C16H23NO2. The zero-order valence-electron chi connectivity index (χ0n) is 11.8. The molecule has 0 saturated heterocycles. The van der Waals surface area contributed by atoms with Crippen molar-refractivity contribution in [2.45, 2.75) is 32.6 Å². The molecule has 0 unspecified atom stereocenters. The van der Waals surface area contributed by atoms with E-state index in [4.69, 9.17) is 4.74 Å². The van der Waals surface area contributed by atoms with Crippen molar-refractivity contribution >= 4 is 5.91 Å². The van der Waals surface area contributed by atoms with E-state index in [-0.39, 0.29) is 5.91 Å². The summed E-state index contributed by atoms with van der Waals surface area (Å²) >= 11 is 0. The summed E-state index contributed by atoms with van der Waals surface area (Å²) in [6.07, 6.45) is 3.11. The standard InChI is InChI=1S/C16H23NO2/c1-4-16(18)17-11-5-6-12-19-15-9-7-14(8-10-15)13(2)3/h4,7-10,13H,1,5-6,11-12H2,2-3H3,(H,17,18). The molecule has 104 valence electrons. The summed E-state index contributed by atoms with van der Waals surface area (Å²) in [4.78, 5) is 10.9. The average Bonchev–Trinajstić information content (AvgIpc) is 2.42. The summed E-state index contributed by atoms with van der Waals surface area (Å²) in [7, 11) is 0. The number of nitrogens with one attached hydrogen (secondary N) is 1. The fraction of sp³-hybridized carbons (Fsp3) is 0.438. The van der Waals surface area contributed by atoms with Crippen molar-refractivity contribution in [3.63, 3.8) is 0 Å². The quantitative estimate of drug-likeness (QED) is 0.576. The SMILES string of the molecule is C=CC(=O)NCCCCOc1ccc(C(C)C)cc1. The second-order valence-corrected chi connectivity index (χ2v) is 4.77. The van der Waals surface area contributed by atoms with Crippen LogP contribution in [0.25, 0.3) is 0 Å². The van der Waals surface area contributed by atoms with Gasteiger partial charge in [-0.15, -0.1) is 0 Å². The maximum absolute atomic E-state index is 10.9. The molecule has 0 aliphatic rings. The van der Waals surface area contributed by atoms with Crippen LogP contribution < -0.4 is 10.1 Å². The molecule has 0 radical (unpaired) electrons. The fourth-order valence-corrected chi connectivity index (χ4v) is 1.65. The lowest BCUT2D eigenvalue weighted by Gasteiger charge is -2.09. The maximum atomic E-state index is 10.9. The van der Waals surface area contributed by atoms with Crippen LogP contribution in [-0.4, -0.2) is 19.1 Å². The van der Waals surface area contributed by atoms with E-state index in [9.17, 15) is 4.79 Å². The van der Waals surface area contributed by atoms with Crippen LogP contribution in [0.15, 0.2) is 36.9 Å². The van der Waals surface area contributed by atoms with Gasteiger partial charge in [-0.3, -0.25) is 4.79 Å². The molecule has 0 atom stereocenters. The normalized spacial score (nSPS) is 10.3. The predicted molar refractivity (Wildman–Crippen MR) is 78.5 cm³/mol. The number of ether oxygens (including phenoxy) is 1. The molecule has 0 fully saturated rings. The van der Waals surface area contributed by atoms with Crippen LogP contribution in [0.1, 0.15) is 38.2 Å². The molecule has 0 aliphatic heterocycles. The Hall–Kier alpha value is -1.77. The molecule has 0 aliphatic carbocycles. The first-order valence-electron chi connectivity index (χ1n) is 6.76. The Labute approximate surface area is 115 Å². The number of carbonyl (C=O) groups is 1. The van der Waals surface area contributed by atoms with Crippen LogP contribution >= 0.6 is 0 Å². The lowest BCUT2D eigenvalue weighted by Crippen LogP contribution is -2.22. The lowest BCUT2D eigenvalue weighted by molar-refractivity contribution is -0.116. The summed E-state index contributed by atoms with van der Waals surface area (Å²) in [6.45, 7) is 9.08. The first kappa shape index (κ1) is 15.3. The summed E-state index contributed by atoms with van der Waals surface area (Å²) in [5.74, 6) is 1.33. The Morgan fingerprint density at radius 2 is 2.00 bits per heavy atom. The molecule has 1 aromatic rings. The van der Waals surface area contributed by atoms with E-state index in [2.05, 4.69) is 37.9 Å². The highest BCUT2D eigenvalue weighted by atomic mass is 16.5. The number of hydrogen-bond acceptors (Lipinski definition) is 2. The van der Waals surface area contributed by atoms with E-state index in [1.54, 1.807) is 0 Å². The molecule has 0 saturated carbocycles. The molecule has 0 aromatic heterocycles. The molecule has 1 rings (SSSR count). The van der Waals surface area contributed by atoms with Crippen LogP contribution in [0, 0.1) is 0 Å². The van der Waals surface area contributed by atoms with Crippen molar-refractivity contribution in [2.24, 2.45) is 0 Å². The summed E-state index contributed by atoms with van der Waals surface area (Å²) in [5, 5.41) is 2.74. The van der Waals surface area contributed by atoms with Crippen LogP contribution in [0.3, 0.4) is 0 Å². The van der Waals surface area contributed by atoms with Gasteiger partial charge in [-0.2, -0.15) is 0 Å². The van der Waals surface area contributed by atoms with Gasteiger partial charge in [-0.05, 0) is 42.5 Å². The van der Waals surface area contributed by atoms with Gasteiger partial charge >= 0.3 is 0 Å². The zero-order chi connectivity index (χ0) is 14.1. The van der Waals surface area contributed by atoms with Gasteiger partial charge < -0.3 is 10.1 Å². The summed E-state index contributed by atoms with van der Waals surface area (Å²) in [6, 6.07) is 8.22. The first-order valence-corrected chi connectivity index (χ1v) is 6.76. The number of unbranched alkanes of at least 4 members (excludes halogenated alkanes) is 1. The van der Waals surface area contributed by atoms with Gasteiger partial charge in [0.25, 0.3) is 0 Å². The van der Waals surface area contributed by atoms with Gasteiger partial charge in [0.2, 0.25) is 5.91 Å². The largest absolute Gasteiger partial charge is 0.494 e. The highest BCUT2D eigenvalue weighted by molar-refractivity contribution is 5.86. The third-order valence-electron chi connectivity index (χ3n) is 2.87. The molecule has 0 spiro atoms. The Kier molecular flexibility index (Phi) is 6.72. The van der Waals surface area contributed by atoms with E-state index in [0.717, 1.165) is 18.6 Å². The molecule has 0 bridgehead atoms. The minimum atomic E-state index is -0.120. The van der Waals surface area contributed by atoms with E-state index in [0.29, 0.717) is 19.1 Å². The number of hydrogen-bond donors (Lipinski definition) is 1. The van der Waals surface area contributed by atoms with Crippen molar-refractivity contribution in [3.05, 3.63) is 42.5 Å². The van der Waals surface area contributed by atoms with Gasteiger partial charge in [-0.1, -0.05) is 32.6 Å². The number of amides is 1. The van der Waals surface area contributed by atoms with E-state index < -0.39 is 0 Å². The van der Waals surface area contributed by atoms with Gasteiger partial charge in [-0.25, -0.2) is 0 Å². The molecule has 1 N–H and O–H groups in total. The monoisotopic (exact) mass is 261 g/mol. The predicted octanol–water partition coefficient (Wildman–Crippen LogP) is 3.27. The zero-order valence-corrected chi connectivity index (χ0v) is 11.8. The molecule has 3 heteroatoms. The van der Waals surface area contributed by atoms with Crippen LogP contribution in [0.5, 0.6) is 5.75 Å². The highest BCUT2D eigenvalue weighted by Gasteiger charge is 1.99. The van der Waals surface area contributed by atoms with Crippen molar-refractivity contribution in [2.75, 3.05) is 13.2 Å². The molecular weight excluding hydrogens is 238 g/mol. The van der Waals surface area contributed by atoms with Crippen LogP contribution in [0.2, 0.25) is 0 Å². The Balaban J connectivity index is 2.15. The highest BCUT2D eigenvalue weighted by Crippen LogP contribution is 2.18. The Morgan fingerprint density at radius 1 is 1.32 bits per heavy atom. The summed E-state index contributed by atoms with van der Waals surface area (Å²) in [5.41, 5.74) is 1.32. The van der Waals surface area contributed by atoms with Gasteiger partial charge in [0.1, 0.15) is 5.75 Å². The van der Waals surface area contributed by atoms with E-state index in [1.165, 1.54) is 11.6 Å². The third kappa shape index (κ3) is 6.09. The Bertz CT molecular complexity index is 396. The van der Waals surface area contributed by atoms with Gasteiger partial charge in [0, 0.05) is 6.54 Å². The lowest BCUT2D eigenvalue weighted by atomic mass is 10.0. The van der Waals surface area contributed by atoms with Gasteiger partial charge in [0.05, 0.1) is 6.61 Å². The maximum Gasteiger partial charge on any atom is 0.243 e. The third-order valence-corrected chi connectivity index (χ3v) is 2.87. The Morgan fingerprint density at radius 3 is 2.58 bits per heavy atom. The number of rotatable bonds is 8. The summed E-state index contributed by atoms with van der Waals surface area (Å²) < 4.78 is 5.64.